The molecule has 0 aliphatic carbocycles. The lowest BCUT2D eigenvalue weighted by molar-refractivity contribution is -0.627. The van der Waals surface area contributed by atoms with E-state index in [0.717, 1.165) is 0 Å². The lowest BCUT2D eigenvalue weighted by Gasteiger charge is -1.90. The van der Waals surface area contributed by atoms with Crippen molar-refractivity contribution in [1.29, 1.82) is 0 Å². The third kappa shape index (κ3) is 5.96. The van der Waals surface area contributed by atoms with Crippen molar-refractivity contribution < 1.29 is 5.32 Å². The van der Waals surface area contributed by atoms with Gasteiger partial charge in [-0.2, -0.15) is 0 Å². The summed E-state index contributed by atoms with van der Waals surface area (Å²) in [5.74, 6) is 0. The van der Waals surface area contributed by atoms with Crippen molar-refractivity contribution in [2.45, 2.75) is 26.2 Å². The van der Waals surface area contributed by atoms with Crippen LogP contribution in [0.2, 0.25) is 0 Å². The van der Waals surface area contributed by atoms with Crippen LogP contribution in [-0.4, -0.2) is 13.6 Å². The molecule has 0 saturated carbocycles. The molecule has 0 saturated heterocycles. The van der Waals surface area contributed by atoms with Crippen molar-refractivity contribution in [3.63, 3.8) is 0 Å². The number of quaternary nitrogens is 1. The maximum absolute atomic E-state index is 2.23. The van der Waals surface area contributed by atoms with Gasteiger partial charge in [-0.25, -0.2) is 0 Å². The summed E-state index contributed by atoms with van der Waals surface area (Å²) in [5.41, 5.74) is 0. The van der Waals surface area contributed by atoms with Gasteiger partial charge in [0.1, 0.15) is 0 Å². The third-order valence-corrected chi connectivity index (χ3v) is 1.10. The molecular formula is C6H16N+. The van der Waals surface area contributed by atoms with Crippen LogP contribution in [0, 0.1) is 0 Å². The fourth-order valence-electron chi connectivity index (χ4n) is 0.598. The fourth-order valence-corrected chi connectivity index (χ4v) is 0.598. The minimum Gasteiger partial charge on any atom is -0.349 e. The minimum atomic E-state index is 1.30. The van der Waals surface area contributed by atoms with E-state index >= 15 is 0 Å². The van der Waals surface area contributed by atoms with Crippen LogP contribution in [-0.2, 0) is 0 Å². The highest BCUT2D eigenvalue weighted by Crippen LogP contribution is 1.87. The van der Waals surface area contributed by atoms with Crippen molar-refractivity contribution in [2.75, 3.05) is 13.6 Å². The Morgan fingerprint density at radius 3 is 2.43 bits per heavy atom. The van der Waals surface area contributed by atoms with E-state index in [4.69, 9.17) is 0 Å². The van der Waals surface area contributed by atoms with Crippen LogP contribution in [0.4, 0.5) is 0 Å². The molecule has 0 radical (unpaired) electrons. The molecule has 0 spiro atoms. The Kier molecular flexibility index (Phi) is 5.93. The van der Waals surface area contributed by atoms with Gasteiger partial charge in [-0.1, -0.05) is 13.3 Å². The van der Waals surface area contributed by atoms with Crippen molar-refractivity contribution in [2.24, 2.45) is 0 Å². The normalized spacial score (nSPS) is 9.43. The van der Waals surface area contributed by atoms with Gasteiger partial charge in [0.2, 0.25) is 0 Å². The zero-order valence-electron chi connectivity index (χ0n) is 5.41. The first kappa shape index (κ1) is 6.96. The Hall–Kier alpha value is -0.0400. The molecular weight excluding hydrogens is 86.1 g/mol. The Morgan fingerprint density at radius 2 is 2.00 bits per heavy atom. The van der Waals surface area contributed by atoms with Crippen LogP contribution in [0.15, 0.2) is 0 Å². The molecule has 0 aromatic carbocycles. The van der Waals surface area contributed by atoms with Crippen LogP contribution in [0.25, 0.3) is 0 Å². The molecule has 0 unspecified atom stereocenters. The summed E-state index contributed by atoms with van der Waals surface area (Å²) in [5, 5.41) is 2.23. The average Bonchev–Trinajstić information content (AvgIpc) is 1.69. The van der Waals surface area contributed by atoms with E-state index in [1.807, 2.05) is 0 Å². The van der Waals surface area contributed by atoms with Gasteiger partial charge < -0.3 is 5.32 Å². The predicted octanol–water partition coefficient (Wildman–Crippen LogP) is 0.370. The number of nitrogens with two attached hydrogens (primary N) is 1. The fraction of sp³-hybridized carbons (Fsp3) is 1.00. The maximum atomic E-state index is 2.23. The van der Waals surface area contributed by atoms with Crippen molar-refractivity contribution in [1.82, 2.24) is 0 Å². The summed E-state index contributed by atoms with van der Waals surface area (Å²) in [6.45, 7) is 3.53. The van der Waals surface area contributed by atoms with Crippen LogP contribution in [0.3, 0.4) is 0 Å². The number of hydrogen-bond donors (Lipinski definition) is 1. The first-order valence-electron chi connectivity index (χ1n) is 3.19. The molecule has 0 amide bonds. The lowest BCUT2D eigenvalue weighted by atomic mass is 10.2. The Balaban J connectivity index is 2.45. The van der Waals surface area contributed by atoms with Crippen LogP contribution >= 0.6 is 0 Å². The topological polar surface area (TPSA) is 16.6 Å². The van der Waals surface area contributed by atoms with Crippen molar-refractivity contribution >= 4 is 0 Å². The van der Waals surface area contributed by atoms with Gasteiger partial charge >= 0.3 is 0 Å². The van der Waals surface area contributed by atoms with Crippen molar-refractivity contribution in [3.05, 3.63) is 0 Å². The quantitative estimate of drug-likeness (QED) is 0.494. The molecule has 0 aliphatic rings. The first-order chi connectivity index (χ1) is 3.41. The van der Waals surface area contributed by atoms with Gasteiger partial charge in [0.25, 0.3) is 0 Å². The second kappa shape index (κ2) is 5.96. The second-order valence-corrected chi connectivity index (χ2v) is 1.90. The van der Waals surface area contributed by atoms with E-state index in [2.05, 4.69) is 19.3 Å². The Morgan fingerprint density at radius 1 is 1.29 bits per heavy atom. The van der Waals surface area contributed by atoms with E-state index in [1.165, 1.54) is 25.8 Å². The lowest BCUT2D eigenvalue weighted by Crippen LogP contribution is -2.79. The zero-order chi connectivity index (χ0) is 5.54. The molecule has 44 valence electrons. The average molecular weight is 102 g/mol. The Labute approximate surface area is 46.1 Å². The zero-order valence-corrected chi connectivity index (χ0v) is 5.41. The Bertz CT molecular complexity index is 23.4. The summed E-state index contributed by atoms with van der Waals surface area (Å²) >= 11 is 0. The van der Waals surface area contributed by atoms with E-state index in [-0.39, 0.29) is 0 Å². The van der Waals surface area contributed by atoms with Gasteiger partial charge in [-0.05, 0) is 12.8 Å². The summed E-state index contributed by atoms with van der Waals surface area (Å²) in [4.78, 5) is 0. The van der Waals surface area contributed by atoms with Gasteiger partial charge in [0.05, 0.1) is 13.6 Å². The van der Waals surface area contributed by atoms with E-state index < -0.39 is 0 Å². The standard InChI is InChI=1S/C6H15N/c1-3-4-5-6-7-2/h7H,3-6H2,1-2H3/p+1. The van der Waals surface area contributed by atoms with Crippen LogP contribution in [0.1, 0.15) is 26.2 Å². The molecule has 0 atom stereocenters. The highest BCUT2D eigenvalue weighted by molar-refractivity contribution is 4.30. The third-order valence-electron chi connectivity index (χ3n) is 1.10. The molecule has 0 aromatic heterocycles. The second-order valence-electron chi connectivity index (χ2n) is 1.90. The van der Waals surface area contributed by atoms with Gasteiger partial charge in [-0.3, -0.25) is 0 Å². The number of rotatable bonds is 4. The van der Waals surface area contributed by atoms with E-state index in [9.17, 15) is 0 Å². The van der Waals surface area contributed by atoms with E-state index in [0.29, 0.717) is 0 Å². The summed E-state index contributed by atoms with van der Waals surface area (Å²) in [6.07, 6.45) is 4.12. The van der Waals surface area contributed by atoms with Crippen molar-refractivity contribution in [3.8, 4) is 0 Å². The highest BCUT2D eigenvalue weighted by atomic mass is 14.8. The van der Waals surface area contributed by atoms with Gasteiger partial charge in [0, 0.05) is 0 Å². The van der Waals surface area contributed by atoms with Gasteiger partial charge in [0.15, 0.2) is 0 Å². The molecule has 7 heavy (non-hydrogen) atoms. The maximum Gasteiger partial charge on any atom is 0.0753 e. The molecule has 0 rings (SSSR count). The van der Waals surface area contributed by atoms with E-state index in [1.54, 1.807) is 0 Å². The monoisotopic (exact) mass is 102 g/mol. The molecule has 1 heteroatoms. The van der Waals surface area contributed by atoms with Crippen LogP contribution in [0.5, 0.6) is 0 Å². The molecule has 0 fully saturated rings. The summed E-state index contributed by atoms with van der Waals surface area (Å²) in [6, 6.07) is 0. The smallest absolute Gasteiger partial charge is 0.0753 e. The molecule has 2 N–H and O–H groups in total. The molecule has 1 nitrogen and oxygen atoms in total. The predicted molar refractivity (Wildman–Crippen MR) is 32.2 cm³/mol. The molecule has 0 bridgehead atoms. The molecule has 0 aromatic rings. The minimum absolute atomic E-state index is 1.30. The summed E-state index contributed by atoms with van der Waals surface area (Å²) in [7, 11) is 2.12. The molecule has 0 heterocycles. The van der Waals surface area contributed by atoms with Gasteiger partial charge in [-0.15, -0.1) is 0 Å². The number of hydrogen-bond acceptors (Lipinski definition) is 0. The van der Waals surface area contributed by atoms with Crippen LogP contribution < -0.4 is 5.32 Å². The molecule has 0 aliphatic heterocycles. The summed E-state index contributed by atoms with van der Waals surface area (Å²) < 4.78 is 0. The first-order valence-corrected chi connectivity index (χ1v) is 3.19. The SMILES string of the molecule is CCCCC[NH2+]C. The highest BCUT2D eigenvalue weighted by Gasteiger charge is 1.81. The largest absolute Gasteiger partial charge is 0.349 e. The number of unbranched alkanes of at least 4 members (excludes halogenated alkanes) is 2.